The van der Waals surface area contributed by atoms with Gasteiger partial charge < -0.3 is 0 Å². The van der Waals surface area contributed by atoms with E-state index in [4.69, 9.17) is 0 Å². The first-order valence-electron chi connectivity index (χ1n) is 4.79. The number of rotatable bonds is 3. The van der Waals surface area contributed by atoms with E-state index in [1.165, 1.54) is 0 Å². The summed E-state index contributed by atoms with van der Waals surface area (Å²) in [5, 5.41) is 9.24. The lowest BCUT2D eigenvalue weighted by atomic mass is 9.76. The van der Waals surface area contributed by atoms with E-state index in [0.717, 1.165) is 16.7 Å². The van der Waals surface area contributed by atoms with Crippen LogP contribution in [0.1, 0.15) is 34.6 Å². The van der Waals surface area contributed by atoms with Crippen molar-refractivity contribution < 1.29 is 0 Å². The summed E-state index contributed by atoms with van der Waals surface area (Å²) in [4.78, 5) is 0. The number of hydrogen-bond donors (Lipinski definition) is 0. The van der Waals surface area contributed by atoms with Crippen LogP contribution in [0.3, 0.4) is 0 Å². The first-order chi connectivity index (χ1) is 6.43. The van der Waals surface area contributed by atoms with Gasteiger partial charge in [0.1, 0.15) is 0 Å². The van der Waals surface area contributed by atoms with Crippen molar-refractivity contribution in [3.8, 4) is 6.07 Å². The molecule has 0 N–H and O–H groups in total. The lowest BCUT2D eigenvalue weighted by Gasteiger charge is -2.25. The average molecular weight is 189 g/mol. The van der Waals surface area contributed by atoms with Crippen LogP contribution in [-0.4, -0.2) is 0 Å². The predicted molar refractivity (Wildman–Crippen MR) is 61.7 cm³/mol. The fourth-order valence-electron chi connectivity index (χ4n) is 1.30. The van der Waals surface area contributed by atoms with Crippen LogP contribution in [0.25, 0.3) is 0 Å². The quantitative estimate of drug-likeness (QED) is 0.486. The minimum absolute atomic E-state index is 0.493. The fourth-order valence-corrected chi connectivity index (χ4v) is 1.30. The zero-order valence-electron chi connectivity index (χ0n) is 9.81. The van der Waals surface area contributed by atoms with Crippen LogP contribution in [0.15, 0.2) is 35.5 Å². The molecule has 0 aromatic carbocycles. The Labute approximate surface area is 87.4 Å². The lowest BCUT2D eigenvalue weighted by molar-refractivity contribution is 0.624. The van der Waals surface area contributed by atoms with Gasteiger partial charge in [-0.05, 0) is 40.2 Å². The highest BCUT2D eigenvalue weighted by Crippen LogP contribution is 2.35. The topological polar surface area (TPSA) is 23.8 Å². The summed E-state index contributed by atoms with van der Waals surface area (Å²) in [6.07, 6.45) is 3.79. The van der Waals surface area contributed by atoms with Crippen LogP contribution in [0.4, 0.5) is 0 Å². The molecule has 0 amide bonds. The van der Waals surface area contributed by atoms with Crippen molar-refractivity contribution >= 4 is 0 Å². The first kappa shape index (κ1) is 12.7. The molecule has 0 spiro atoms. The summed E-state index contributed by atoms with van der Waals surface area (Å²) < 4.78 is 0. The molecule has 0 bridgehead atoms. The first-order valence-corrected chi connectivity index (χ1v) is 4.79. The van der Waals surface area contributed by atoms with Crippen LogP contribution in [-0.2, 0) is 0 Å². The second-order valence-electron chi connectivity index (χ2n) is 3.72. The highest BCUT2D eigenvalue weighted by Gasteiger charge is 2.28. The molecule has 0 aliphatic heterocycles. The molecule has 14 heavy (non-hydrogen) atoms. The van der Waals surface area contributed by atoms with E-state index in [-0.39, 0.29) is 0 Å². The Balaban J connectivity index is 5.52. The van der Waals surface area contributed by atoms with E-state index >= 15 is 0 Å². The third-order valence-electron chi connectivity index (χ3n) is 3.09. The smallest absolute Gasteiger partial charge is 0.0963 e. The maximum absolute atomic E-state index is 9.24. The Morgan fingerprint density at radius 3 is 2.14 bits per heavy atom. The summed E-state index contributed by atoms with van der Waals surface area (Å²) in [5.41, 5.74) is 2.74. The van der Waals surface area contributed by atoms with Crippen LogP contribution < -0.4 is 0 Å². The Morgan fingerprint density at radius 2 is 1.86 bits per heavy atom. The van der Waals surface area contributed by atoms with Crippen LogP contribution in [0.5, 0.6) is 0 Å². The molecule has 0 aromatic heterocycles. The fraction of sp³-hybridized carbons (Fsp3) is 0.462. The van der Waals surface area contributed by atoms with Gasteiger partial charge in [0, 0.05) is 0 Å². The highest BCUT2D eigenvalue weighted by atomic mass is 14.4. The Bertz CT molecular complexity index is 326. The predicted octanol–water partition coefficient (Wildman–Crippen LogP) is 4.00. The minimum Gasteiger partial charge on any atom is -0.197 e. The third kappa shape index (κ3) is 2.14. The molecule has 0 radical (unpaired) electrons. The molecule has 76 valence electrons. The molecule has 0 heterocycles. The second-order valence-corrected chi connectivity index (χ2v) is 3.72. The van der Waals surface area contributed by atoms with Gasteiger partial charge in [0.25, 0.3) is 0 Å². The summed E-state index contributed by atoms with van der Waals surface area (Å²) >= 11 is 0. The second kappa shape index (κ2) is 4.81. The Morgan fingerprint density at radius 1 is 1.36 bits per heavy atom. The van der Waals surface area contributed by atoms with Crippen molar-refractivity contribution in [2.75, 3.05) is 0 Å². The summed E-state index contributed by atoms with van der Waals surface area (Å²) in [7, 11) is 0. The van der Waals surface area contributed by atoms with Gasteiger partial charge in [-0.25, -0.2) is 0 Å². The summed E-state index contributed by atoms with van der Waals surface area (Å²) in [6.45, 7) is 13.6. The molecule has 1 nitrogen and oxygen atoms in total. The van der Waals surface area contributed by atoms with Crippen LogP contribution in [0.2, 0.25) is 0 Å². The van der Waals surface area contributed by atoms with E-state index in [9.17, 15) is 5.26 Å². The largest absolute Gasteiger partial charge is 0.197 e. The van der Waals surface area contributed by atoms with E-state index in [2.05, 4.69) is 12.6 Å². The Kier molecular flexibility index (Phi) is 4.37. The van der Waals surface area contributed by atoms with Gasteiger partial charge in [-0.15, -0.1) is 0 Å². The van der Waals surface area contributed by atoms with Gasteiger partial charge in [0.15, 0.2) is 0 Å². The molecular formula is C13H19N. The molecular weight excluding hydrogens is 170 g/mol. The average Bonchev–Trinajstić information content (AvgIpc) is 2.24. The van der Waals surface area contributed by atoms with Crippen LogP contribution >= 0.6 is 0 Å². The number of allylic oxidation sites excluding steroid dienone is 5. The van der Waals surface area contributed by atoms with Gasteiger partial charge in [-0.3, -0.25) is 0 Å². The van der Waals surface area contributed by atoms with Crippen LogP contribution in [0, 0.1) is 16.7 Å². The standard InChI is InChI=1S/C13H19N/c1-7-10(3)12(5)13(6,9-14)11(4)8-2/h7-8H,1H2,2-6H3/b11-8-,12-10+. The van der Waals surface area contributed by atoms with Gasteiger partial charge in [-0.1, -0.05) is 29.9 Å². The zero-order chi connectivity index (χ0) is 11.4. The van der Waals surface area contributed by atoms with E-state index in [0.29, 0.717) is 0 Å². The van der Waals surface area contributed by atoms with Crippen molar-refractivity contribution in [2.24, 2.45) is 5.41 Å². The van der Waals surface area contributed by atoms with Gasteiger partial charge in [-0.2, -0.15) is 5.26 Å². The molecule has 0 fully saturated rings. The zero-order valence-corrected chi connectivity index (χ0v) is 9.81. The third-order valence-corrected chi connectivity index (χ3v) is 3.09. The summed E-state index contributed by atoms with van der Waals surface area (Å²) in [6, 6.07) is 2.37. The molecule has 0 rings (SSSR count). The number of nitriles is 1. The summed E-state index contributed by atoms with van der Waals surface area (Å²) in [5.74, 6) is 0. The van der Waals surface area contributed by atoms with E-state index in [1.54, 1.807) is 6.08 Å². The molecule has 0 aromatic rings. The molecule has 1 unspecified atom stereocenters. The van der Waals surface area contributed by atoms with Gasteiger partial charge >= 0.3 is 0 Å². The molecule has 1 heteroatoms. The van der Waals surface area contributed by atoms with Crippen molar-refractivity contribution in [1.29, 1.82) is 5.26 Å². The SMILES string of the molecule is C=C/C(C)=C(\C)C(C)(C#N)/C(C)=C\C. The van der Waals surface area contributed by atoms with Crippen molar-refractivity contribution in [1.82, 2.24) is 0 Å². The lowest BCUT2D eigenvalue weighted by Crippen LogP contribution is -2.18. The van der Waals surface area contributed by atoms with Gasteiger partial charge in [0.05, 0.1) is 11.5 Å². The molecule has 0 aliphatic carbocycles. The normalized spacial score (nSPS) is 17.9. The Hall–Kier alpha value is -1.29. The van der Waals surface area contributed by atoms with Crippen molar-refractivity contribution in [3.05, 3.63) is 35.5 Å². The highest BCUT2D eigenvalue weighted by molar-refractivity contribution is 5.39. The van der Waals surface area contributed by atoms with Gasteiger partial charge in [0.2, 0.25) is 0 Å². The van der Waals surface area contributed by atoms with E-state index in [1.807, 2.05) is 40.7 Å². The number of nitrogens with zero attached hydrogens (tertiary/aromatic N) is 1. The van der Waals surface area contributed by atoms with Crippen molar-refractivity contribution in [2.45, 2.75) is 34.6 Å². The minimum atomic E-state index is -0.493. The molecule has 0 saturated heterocycles. The van der Waals surface area contributed by atoms with Crippen molar-refractivity contribution in [3.63, 3.8) is 0 Å². The molecule has 0 aliphatic rings. The maximum atomic E-state index is 9.24. The maximum Gasteiger partial charge on any atom is 0.0963 e. The van der Waals surface area contributed by atoms with E-state index < -0.39 is 5.41 Å². The molecule has 1 atom stereocenters. The monoisotopic (exact) mass is 189 g/mol. The molecule has 0 saturated carbocycles. The number of hydrogen-bond acceptors (Lipinski definition) is 1.